The number of nitro groups is 1. The Bertz CT molecular complexity index is 912. The van der Waals surface area contributed by atoms with Gasteiger partial charge >= 0.3 is 5.03 Å². The van der Waals surface area contributed by atoms with Crippen LogP contribution in [0.2, 0.25) is 0 Å². The molecule has 0 saturated carbocycles. The van der Waals surface area contributed by atoms with Crippen LogP contribution in [0.15, 0.2) is 52.4 Å². The second kappa shape index (κ2) is 7.87. The lowest BCUT2D eigenvalue weighted by Crippen LogP contribution is -2.12. The van der Waals surface area contributed by atoms with Crippen LogP contribution in [-0.2, 0) is 9.84 Å². The molecule has 2 rings (SSSR count). The van der Waals surface area contributed by atoms with Crippen LogP contribution in [0.5, 0.6) is 17.2 Å². The molecule has 0 bridgehead atoms. The minimum Gasteiger partial charge on any atom is -0.496 e. The Kier molecular flexibility index (Phi) is 5.83. The highest BCUT2D eigenvalue weighted by Crippen LogP contribution is 2.36. The van der Waals surface area contributed by atoms with Gasteiger partial charge in [0.05, 0.1) is 36.7 Å². The number of hydrogen-bond donors (Lipinski definition) is 0. The molecule has 0 radical (unpaired) electrons. The van der Waals surface area contributed by atoms with Crippen molar-refractivity contribution in [1.29, 1.82) is 0 Å². The Morgan fingerprint density at radius 3 is 1.96 bits per heavy atom. The summed E-state index contributed by atoms with van der Waals surface area (Å²) in [5, 5.41) is 10.5. The fraction of sp³-hybridized carbons (Fsp3) is 0.176. The number of ether oxygens (including phenoxy) is 3. The molecule has 0 amide bonds. The largest absolute Gasteiger partial charge is 0.496 e. The molecule has 8 nitrogen and oxygen atoms in total. The van der Waals surface area contributed by atoms with Crippen LogP contribution >= 0.6 is 0 Å². The van der Waals surface area contributed by atoms with Crippen molar-refractivity contribution in [2.24, 2.45) is 0 Å². The lowest BCUT2D eigenvalue weighted by molar-refractivity contribution is -0.410. The Morgan fingerprint density at radius 2 is 1.54 bits per heavy atom. The monoisotopic (exact) mass is 379 g/mol. The molecule has 0 aromatic heterocycles. The third kappa shape index (κ3) is 3.77. The minimum absolute atomic E-state index is 0.113. The van der Waals surface area contributed by atoms with Gasteiger partial charge in [-0.25, -0.2) is 8.42 Å². The van der Waals surface area contributed by atoms with Crippen molar-refractivity contribution in [3.05, 3.63) is 63.2 Å². The summed E-state index contributed by atoms with van der Waals surface area (Å²) in [5.41, 5.74) is 0.113. The lowest BCUT2D eigenvalue weighted by Gasteiger charge is -2.12. The first-order valence-electron chi connectivity index (χ1n) is 7.31. The summed E-state index contributed by atoms with van der Waals surface area (Å²) in [6, 6.07) is 10.1. The molecule has 0 fully saturated rings. The summed E-state index contributed by atoms with van der Waals surface area (Å²) in [6.45, 7) is 0. The van der Waals surface area contributed by atoms with E-state index in [1.165, 1.54) is 57.7 Å². The Labute approximate surface area is 150 Å². The van der Waals surface area contributed by atoms with E-state index < -0.39 is 19.8 Å². The summed E-state index contributed by atoms with van der Waals surface area (Å²) >= 11 is 0. The molecule has 0 aliphatic carbocycles. The van der Waals surface area contributed by atoms with Crippen molar-refractivity contribution in [3.8, 4) is 17.2 Å². The topological polar surface area (TPSA) is 105 Å². The average Bonchev–Trinajstić information content (AvgIpc) is 2.65. The summed E-state index contributed by atoms with van der Waals surface area (Å²) in [5.74, 6) is 0.733. The minimum atomic E-state index is -4.34. The maximum Gasteiger partial charge on any atom is 0.364 e. The van der Waals surface area contributed by atoms with Crippen LogP contribution in [0, 0.1) is 10.1 Å². The van der Waals surface area contributed by atoms with Crippen LogP contribution in [0.3, 0.4) is 0 Å². The Morgan fingerprint density at radius 1 is 1.00 bits per heavy atom. The molecule has 0 atom stereocenters. The van der Waals surface area contributed by atoms with E-state index in [4.69, 9.17) is 14.2 Å². The molecule has 0 heterocycles. The van der Waals surface area contributed by atoms with Crippen LogP contribution in [0.1, 0.15) is 5.56 Å². The van der Waals surface area contributed by atoms with Crippen LogP contribution in [0.25, 0.3) is 6.08 Å². The number of sulfone groups is 1. The van der Waals surface area contributed by atoms with Crippen LogP contribution < -0.4 is 14.2 Å². The molecule has 0 aliphatic rings. The SMILES string of the molecule is COc1cc(OC)c(/C=C(/[N+](=O)[O-])S(=O)(=O)c2ccccc2)c(OC)c1. The first-order chi connectivity index (χ1) is 12.3. The predicted octanol–water partition coefficient (Wildman–Crippen LogP) is 2.76. The van der Waals surface area contributed by atoms with Crippen molar-refractivity contribution < 1.29 is 27.6 Å². The predicted molar refractivity (Wildman–Crippen MR) is 94.7 cm³/mol. The fourth-order valence-corrected chi connectivity index (χ4v) is 3.47. The molecule has 0 saturated heterocycles. The van der Waals surface area contributed by atoms with E-state index in [1.54, 1.807) is 6.07 Å². The van der Waals surface area contributed by atoms with E-state index in [0.717, 1.165) is 6.08 Å². The summed E-state index contributed by atoms with van der Waals surface area (Å²) in [4.78, 5) is 10.4. The van der Waals surface area contributed by atoms with Crippen molar-refractivity contribution in [2.45, 2.75) is 4.90 Å². The van der Waals surface area contributed by atoms with Crippen molar-refractivity contribution in [3.63, 3.8) is 0 Å². The highest BCUT2D eigenvalue weighted by atomic mass is 32.2. The van der Waals surface area contributed by atoms with Gasteiger partial charge in [0, 0.05) is 18.2 Å². The number of benzene rings is 2. The maximum atomic E-state index is 12.7. The van der Waals surface area contributed by atoms with E-state index in [0.29, 0.717) is 5.75 Å². The van der Waals surface area contributed by atoms with Crippen molar-refractivity contribution in [2.75, 3.05) is 21.3 Å². The van der Waals surface area contributed by atoms with Crippen molar-refractivity contribution >= 4 is 15.9 Å². The highest BCUT2D eigenvalue weighted by Gasteiger charge is 2.32. The van der Waals surface area contributed by atoms with Crippen LogP contribution in [0.4, 0.5) is 0 Å². The molecular weight excluding hydrogens is 362 g/mol. The molecule has 138 valence electrons. The standard InChI is InChI=1S/C17H17NO7S/c1-23-12-9-15(24-2)14(16(10-12)25-3)11-17(18(19)20)26(21,22)13-7-5-4-6-8-13/h4-11H,1-3H3/b17-11-. The fourth-order valence-electron chi connectivity index (χ4n) is 2.25. The first-order valence-corrected chi connectivity index (χ1v) is 8.79. The molecule has 2 aromatic carbocycles. The van der Waals surface area contributed by atoms with E-state index in [1.807, 2.05) is 0 Å². The van der Waals surface area contributed by atoms with E-state index in [2.05, 4.69) is 0 Å². The lowest BCUT2D eigenvalue weighted by atomic mass is 10.1. The second-order valence-corrected chi connectivity index (χ2v) is 6.90. The zero-order valence-electron chi connectivity index (χ0n) is 14.3. The second-order valence-electron chi connectivity index (χ2n) is 5.00. The van der Waals surface area contributed by atoms with Gasteiger partial charge < -0.3 is 14.2 Å². The van der Waals surface area contributed by atoms with Gasteiger partial charge in [0.2, 0.25) is 0 Å². The van der Waals surface area contributed by atoms with Gasteiger partial charge in [-0.3, -0.25) is 10.1 Å². The Balaban J connectivity index is 2.73. The van der Waals surface area contributed by atoms with Crippen molar-refractivity contribution in [1.82, 2.24) is 0 Å². The van der Waals surface area contributed by atoms with Gasteiger partial charge in [-0.2, -0.15) is 0 Å². The summed E-state index contributed by atoms with van der Waals surface area (Å²) < 4.78 is 40.9. The number of methoxy groups -OCH3 is 3. The first kappa shape index (κ1) is 19.3. The molecular formula is C17H17NO7S. The molecule has 9 heteroatoms. The number of hydrogen-bond acceptors (Lipinski definition) is 7. The smallest absolute Gasteiger partial charge is 0.364 e. The molecule has 0 aliphatic heterocycles. The molecule has 0 spiro atoms. The molecule has 26 heavy (non-hydrogen) atoms. The average molecular weight is 379 g/mol. The van der Waals surface area contributed by atoms with Gasteiger partial charge in [-0.15, -0.1) is 0 Å². The van der Waals surface area contributed by atoms with E-state index >= 15 is 0 Å². The normalized spacial score (nSPS) is 11.7. The number of rotatable bonds is 7. The van der Waals surface area contributed by atoms with E-state index in [-0.39, 0.29) is 22.0 Å². The highest BCUT2D eigenvalue weighted by molar-refractivity contribution is 7.95. The Hall–Kier alpha value is -3.07. The quantitative estimate of drug-likeness (QED) is 0.538. The molecule has 0 unspecified atom stereocenters. The van der Waals surface area contributed by atoms with Gasteiger partial charge in [-0.05, 0) is 12.1 Å². The molecule has 0 N–H and O–H groups in total. The third-order valence-electron chi connectivity index (χ3n) is 3.53. The zero-order valence-corrected chi connectivity index (χ0v) is 15.1. The van der Waals surface area contributed by atoms with Gasteiger partial charge in [0.15, 0.2) is 0 Å². The molecule has 2 aromatic rings. The van der Waals surface area contributed by atoms with Gasteiger partial charge in [0.25, 0.3) is 9.84 Å². The van der Waals surface area contributed by atoms with Gasteiger partial charge in [0.1, 0.15) is 17.2 Å². The third-order valence-corrected chi connectivity index (χ3v) is 5.24. The van der Waals surface area contributed by atoms with Gasteiger partial charge in [-0.1, -0.05) is 18.2 Å². The maximum absolute atomic E-state index is 12.7. The summed E-state index contributed by atoms with van der Waals surface area (Å²) in [6.07, 6.45) is 0.916. The number of nitrogens with zero attached hydrogens (tertiary/aromatic N) is 1. The van der Waals surface area contributed by atoms with E-state index in [9.17, 15) is 18.5 Å². The van der Waals surface area contributed by atoms with Crippen LogP contribution in [-0.4, -0.2) is 34.7 Å². The summed E-state index contributed by atoms with van der Waals surface area (Å²) in [7, 11) is -0.207. The zero-order chi connectivity index (χ0) is 19.3.